The summed E-state index contributed by atoms with van der Waals surface area (Å²) in [7, 11) is 0. The van der Waals surface area contributed by atoms with Gasteiger partial charge in [-0.3, -0.25) is 0 Å². The summed E-state index contributed by atoms with van der Waals surface area (Å²) in [5.41, 5.74) is 5.30. The molecule has 0 aliphatic carbocycles. The van der Waals surface area contributed by atoms with E-state index in [0.29, 0.717) is 13.2 Å². The van der Waals surface area contributed by atoms with Crippen LogP contribution in [0.3, 0.4) is 0 Å². The van der Waals surface area contributed by atoms with Crippen molar-refractivity contribution in [2.45, 2.75) is 13.3 Å². The van der Waals surface area contributed by atoms with Crippen molar-refractivity contribution < 1.29 is 4.74 Å². The number of thiazole rings is 1. The lowest BCUT2D eigenvalue weighted by molar-refractivity contribution is 0.303. The van der Waals surface area contributed by atoms with Crippen LogP contribution < -0.4 is 10.5 Å². The van der Waals surface area contributed by atoms with E-state index in [2.05, 4.69) is 4.98 Å². The highest BCUT2D eigenvalue weighted by atomic mass is 32.1. The van der Waals surface area contributed by atoms with E-state index >= 15 is 0 Å². The van der Waals surface area contributed by atoms with Crippen molar-refractivity contribution in [3.8, 4) is 5.88 Å². The lowest BCUT2D eigenvalue weighted by atomic mass is 10.5. The number of rotatable bonds is 4. The Morgan fingerprint density at radius 1 is 1.73 bits per heavy atom. The van der Waals surface area contributed by atoms with Crippen molar-refractivity contribution in [1.82, 2.24) is 4.98 Å². The Morgan fingerprint density at radius 3 is 3.09 bits per heavy atom. The van der Waals surface area contributed by atoms with Gasteiger partial charge < -0.3 is 10.5 Å². The summed E-state index contributed by atoms with van der Waals surface area (Å²) in [4.78, 5) is 4.14. The molecule has 1 aromatic heterocycles. The maximum atomic E-state index is 5.30. The van der Waals surface area contributed by atoms with Crippen LogP contribution in [0, 0.1) is 6.92 Å². The average molecular weight is 172 g/mol. The third-order valence-electron chi connectivity index (χ3n) is 1.20. The van der Waals surface area contributed by atoms with Gasteiger partial charge in [0.1, 0.15) is 0 Å². The standard InChI is InChI=1S/C7H12N2OS/c1-6-9-7(5-11-6)10-4-2-3-8/h5H,2-4,8H2,1H3. The van der Waals surface area contributed by atoms with Crippen LogP contribution in [0.15, 0.2) is 5.38 Å². The molecule has 0 aromatic carbocycles. The van der Waals surface area contributed by atoms with Gasteiger partial charge in [0, 0.05) is 0 Å². The van der Waals surface area contributed by atoms with Crippen molar-refractivity contribution in [3.05, 3.63) is 10.4 Å². The molecular formula is C7H12N2OS. The van der Waals surface area contributed by atoms with Crippen LogP contribution >= 0.6 is 11.3 Å². The van der Waals surface area contributed by atoms with E-state index in [9.17, 15) is 0 Å². The van der Waals surface area contributed by atoms with Gasteiger partial charge in [-0.25, -0.2) is 4.98 Å². The highest BCUT2D eigenvalue weighted by Gasteiger charge is 1.96. The zero-order chi connectivity index (χ0) is 8.10. The molecular weight excluding hydrogens is 160 g/mol. The smallest absolute Gasteiger partial charge is 0.224 e. The number of nitrogens with zero attached hydrogens (tertiary/aromatic N) is 1. The van der Waals surface area contributed by atoms with E-state index in [0.717, 1.165) is 17.3 Å². The van der Waals surface area contributed by atoms with Crippen LogP contribution in [-0.2, 0) is 0 Å². The Labute approximate surface area is 70.2 Å². The van der Waals surface area contributed by atoms with Gasteiger partial charge in [0.05, 0.1) is 17.0 Å². The van der Waals surface area contributed by atoms with Gasteiger partial charge in [0.25, 0.3) is 0 Å². The predicted octanol–water partition coefficient (Wildman–Crippen LogP) is 1.18. The second kappa shape index (κ2) is 4.31. The second-order valence-electron chi connectivity index (χ2n) is 2.20. The second-order valence-corrected chi connectivity index (χ2v) is 3.26. The zero-order valence-electron chi connectivity index (χ0n) is 6.54. The lowest BCUT2D eigenvalue weighted by Gasteiger charge is -1.98. The molecule has 0 amide bonds. The van der Waals surface area contributed by atoms with Gasteiger partial charge in [0.15, 0.2) is 0 Å². The highest BCUT2D eigenvalue weighted by Crippen LogP contribution is 2.14. The number of aryl methyl sites for hydroxylation is 1. The van der Waals surface area contributed by atoms with Crippen LogP contribution in [0.4, 0.5) is 0 Å². The van der Waals surface area contributed by atoms with E-state index in [-0.39, 0.29) is 0 Å². The van der Waals surface area contributed by atoms with Crippen LogP contribution in [0.1, 0.15) is 11.4 Å². The molecule has 0 unspecified atom stereocenters. The SMILES string of the molecule is Cc1nc(OCCCN)cs1. The molecule has 3 nitrogen and oxygen atoms in total. The van der Waals surface area contributed by atoms with Crippen molar-refractivity contribution in [2.24, 2.45) is 5.73 Å². The normalized spacial score (nSPS) is 10.0. The Bertz CT molecular complexity index is 212. The zero-order valence-corrected chi connectivity index (χ0v) is 7.36. The van der Waals surface area contributed by atoms with E-state index in [1.165, 1.54) is 0 Å². The van der Waals surface area contributed by atoms with Gasteiger partial charge in [-0.2, -0.15) is 0 Å². The van der Waals surface area contributed by atoms with Gasteiger partial charge >= 0.3 is 0 Å². The molecule has 1 aromatic rings. The number of aromatic nitrogens is 1. The minimum atomic E-state index is 0.666. The van der Waals surface area contributed by atoms with Gasteiger partial charge in [-0.15, -0.1) is 11.3 Å². The first-order chi connectivity index (χ1) is 5.33. The molecule has 0 saturated heterocycles. The first kappa shape index (κ1) is 8.49. The summed E-state index contributed by atoms with van der Waals surface area (Å²) in [6, 6.07) is 0. The molecule has 4 heteroatoms. The maximum Gasteiger partial charge on any atom is 0.224 e. The molecule has 11 heavy (non-hydrogen) atoms. The molecule has 0 atom stereocenters. The van der Waals surface area contributed by atoms with Crippen LogP contribution in [0.5, 0.6) is 5.88 Å². The summed E-state index contributed by atoms with van der Waals surface area (Å²) in [5, 5.41) is 2.94. The molecule has 0 fully saturated rings. The van der Waals surface area contributed by atoms with Gasteiger partial charge in [-0.1, -0.05) is 0 Å². The summed E-state index contributed by atoms with van der Waals surface area (Å²) < 4.78 is 5.29. The third-order valence-corrected chi connectivity index (χ3v) is 1.95. The minimum absolute atomic E-state index is 0.666. The van der Waals surface area contributed by atoms with Crippen LogP contribution in [-0.4, -0.2) is 18.1 Å². The maximum absolute atomic E-state index is 5.30. The number of hydrogen-bond acceptors (Lipinski definition) is 4. The molecule has 1 rings (SSSR count). The summed E-state index contributed by atoms with van der Waals surface area (Å²) in [6.45, 7) is 3.29. The molecule has 62 valence electrons. The van der Waals surface area contributed by atoms with Crippen molar-refractivity contribution in [2.75, 3.05) is 13.2 Å². The minimum Gasteiger partial charge on any atom is -0.477 e. The lowest BCUT2D eigenvalue weighted by Crippen LogP contribution is -2.06. The number of hydrogen-bond donors (Lipinski definition) is 1. The van der Waals surface area contributed by atoms with Crippen molar-refractivity contribution in [1.29, 1.82) is 0 Å². The molecule has 2 N–H and O–H groups in total. The van der Waals surface area contributed by atoms with E-state index in [4.69, 9.17) is 10.5 Å². The highest BCUT2D eigenvalue weighted by molar-refractivity contribution is 7.09. The first-order valence-corrected chi connectivity index (χ1v) is 4.46. The fraction of sp³-hybridized carbons (Fsp3) is 0.571. The fourth-order valence-electron chi connectivity index (χ4n) is 0.670. The van der Waals surface area contributed by atoms with Crippen molar-refractivity contribution >= 4 is 11.3 Å². The largest absolute Gasteiger partial charge is 0.477 e. The van der Waals surface area contributed by atoms with Gasteiger partial charge in [-0.05, 0) is 19.9 Å². The predicted molar refractivity (Wildman–Crippen MR) is 46.0 cm³/mol. The topological polar surface area (TPSA) is 48.1 Å². The van der Waals surface area contributed by atoms with E-state index < -0.39 is 0 Å². The van der Waals surface area contributed by atoms with E-state index in [1.54, 1.807) is 11.3 Å². The molecule has 0 radical (unpaired) electrons. The Balaban J connectivity index is 2.27. The molecule has 0 aliphatic rings. The number of ether oxygens (including phenoxy) is 1. The monoisotopic (exact) mass is 172 g/mol. The Kier molecular flexibility index (Phi) is 3.32. The summed E-state index contributed by atoms with van der Waals surface area (Å²) in [6.07, 6.45) is 0.885. The van der Waals surface area contributed by atoms with Crippen LogP contribution in [0.2, 0.25) is 0 Å². The van der Waals surface area contributed by atoms with Gasteiger partial charge in [0.2, 0.25) is 5.88 Å². The fourth-order valence-corrected chi connectivity index (χ4v) is 1.20. The summed E-state index contributed by atoms with van der Waals surface area (Å²) in [5.74, 6) is 0.723. The quantitative estimate of drug-likeness (QED) is 0.694. The molecule has 0 saturated carbocycles. The summed E-state index contributed by atoms with van der Waals surface area (Å²) >= 11 is 1.60. The molecule has 1 heterocycles. The third kappa shape index (κ3) is 2.86. The first-order valence-electron chi connectivity index (χ1n) is 3.58. The van der Waals surface area contributed by atoms with E-state index in [1.807, 2.05) is 12.3 Å². The average Bonchev–Trinajstić information content (AvgIpc) is 2.37. The van der Waals surface area contributed by atoms with Crippen molar-refractivity contribution in [3.63, 3.8) is 0 Å². The Morgan fingerprint density at radius 2 is 2.55 bits per heavy atom. The Hall–Kier alpha value is -0.610. The number of nitrogens with two attached hydrogens (primary N) is 1. The molecule has 0 bridgehead atoms. The molecule has 0 aliphatic heterocycles. The van der Waals surface area contributed by atoms with Crippen LogP contribution in [0.25, 0.3) is 0 Å². The molecule has 0 spiro atoms.